The van der Waals surface area contributed by atoms with Gasteiger partial charge in [0.1, 0.15) is 18.1 Å². The summed E-state index contributed by atoms with van der Waals surface area (Å²) >= 11 is 0. The fourth-order valence-corrected chi connectivity index (χ4v) is 2.03. The summed E-state index contributed by atoms with van der Waals surface area (Å²) in [6.07, 6.45) is 3.40. The van der Waals surface area contributed by atoms with Crippen molar-refractivity contribution in [3.63, 3.8) is 0 Å². The standard InChI is InChI=1S/C15H14N2O2/c16-9-15-11(6-8-18-15)10-19-14-5-1-4-13-12(14)3-2-7-17-13/h1-8H,9-10,16H2. The quantitative estimate of drug-likeness (QED) is 0.777. The van der Waals surface area contributed by atoms with Crippen LogP contribution in [-0.2, 0) is 13.2 Å². The topological polar surface area (TPSA) is 61.3 Å². The smallest absolute Gasteiger partial charge is 0.129 e. The van der Waals surface area contributed by atoms with E-state index in [0.29, 0.717) is 13.2 Å². The number of hydrogen-bond acceptors (Lipinski definition) is 4. The molecule has 0 bridgehead atoms. The van der Waals surface area contributed by atoms with E-state index in [9.17, 15) is 0 Å². The number of aromatic nitrogens is 1. The Balaban J connectivity index is 1.86. The van der Waals surface area contributed by atoms with Gasteiger partial charge in [-0.1, -0.05) is 6.07 Å². The SMILES string of the molecule is NCc1occc1COc1cccc2ncccc12. The van der Waals surface area contributed by atoms with Crippen LogP contribution in [0.25, 0.3) is 10.9 Å². The maximum absolute atomic E-state index is 5.85. The number of furan rings is 1. The van der Waals surface area contributed by atoms with Crippen LogP contribution in [0.15, 0.2) is 53.3 Å². The van der Waals surface area contributed by atoms with Crippen molar-refractivity contribution in [2.24, 2.45) is 5.73 Å². The molecule has 0 unspecified atom stereocenters. The average Bonchev–Trinajstić information content (AvgIpc) is 2.92. The van der Waals surface area contributed by atoms with E-state index in [4.69, 9.17) is 14.9 Å². The van der Waals surface area contributed by atoms with E-state index in [-0.39, 0.29) is 0 Å². The number of ether oxygens (including phenoxy) is 1. The molecule has 0 saturated carbocycles. The number of pyridine rings is 1. The Morgan fingerprint density at radius 3 is 3.00 bits per heavy atom. The first kappa shape index (κ1) is 11.7. The van der Waals surface area contributed by atoms with Crippen LogP contribution in [-0.4, -0.2) is 4.98 Å². The van der Waals surface area contributed by atoms with Gasteiger partial charge in [0.2, 0.25) is 0 Å². The molecule has 2 aromatic heterocycles. The Hall–Kier alpha value is -2.33. The van der Waals surface area contributed by atoms with E-state index in [1.54, 1.807) is 12.5 Å². The molecule has 19 heavy (non-hydrogen) atoms. The summed E-state index contributed by atoms with van der Waals surface area (Å²) in [6, 6.07) is 11.6. The predicted molar refractivity (Wildman–Crippen MR) is 72.7 cm³/mol. The summed E-state index contributed by atoms with van der Waals surface area (Å²) in [5.41, 5.74) is 7.49. The minimum absolute atomic E-state index is 0.378. The second-order valence-corrected chi connectivity index (χ2v) is 4.19. The van der Waals surface area contributed by atoms with Gasteiger partial charge in [-0.05, 0) is 30.3 Å². The second kappa shape index (κ2) is 5.12. The highest BCUT2D eigenvalue weighted by molar-refractivity contribution is 5.84. The molecule has 0 aliphatic carbocycles. The Bertz CT molecular complexity index is 686. The highest BCUT2D eigenvalue weighted by Crippen LogP contribution is 2.25. The third-order valence-corrected chi connectivity index (χ3v) is 3.01. The molecule has 3 rings (SSSR count). The summed E-state index contributed by atoms with van der Waals surface area (Å²) in [7, 11) is 0. The lowest BCUT2D eigenvalue weighted by Gasteiger charge is -2.08. The fourth-order valence-electron chi connectivity index (χ4n) is 2.03. The van der Waals surface area contributed by atoms with E-state index >= 15 is 0 Å². The van der Waals surface area contributed by atoms with Gasteiger partial charge < -0.3 is 14.9 Å². The van der Waals surface area contributed by atoms with Crippen LogP contribution in [0.5, 0.6) is 5.75 Å². The molecule has 1 aromatic carbocycles. The third kappa shape index (κ3) is 2.30. The summed E-state index contributed by atoms with van der Waals surface area (Å²) in [6.45, 7) is 0.819. The number of fused-ring (bicyclic) bond motifs is 1. The molecule has 0 fully saturated rings. The molecule has 2 heterocycles. The molecule has 0 spiro atoms. The molecular formula is C15H14N2O2. The summed E-state index contributed by atoms with van der Waals surface area (Å²) < 4.78 is 11.1. The molecule has 0 aliphatic rings. The summed E-state index contributed by atoms with van der Waals surface area (Å²) in [5, 5.41) is 1.00. The lowest BCUT2D eigenvalue weighted by atomic mass is 10.2. The highest BCUT2D eigenvalue weighted by atomic mass is 16.5. The van der Waals surface area contributed by atoms with Crippen molar-refractivity contribution in [2.45, 2.75) is 13.2 Å². The highest BCUT2D eigenvalue weighted by Gasteiger charge is 2.07. The van der Waals surface area contributed by atoms with Gasteiger partial charge in [0.25, 0.3) is 0 Å². The first-order chi connectivity index (χ1) is 9.38. The minimum Gasteiger partial charge on any atom is -0.488 e. The van der Waals surface area contributed by atoms with Crippen LogP contribution in [0.1, 0.15) is 11.3 Å². The van der Waals surface area contributed by atoms with Crippen molar-refractivity contribution >= 4 is 10.9 Å². The summed E-state index contributed by atoms with van der Waals surface area (Å²) in [5.74, 6) is 1.58. The molecule has 0 atom stereocenters. The zero-order valence-electron chi connectivity index (χ0n) is 10.4. The zero-order valence-corrected chi connectivity index (χ0v) is 10.4. The van der Waals surface area contributed by atoms with Gasteiger partial charge in [0.05, 0.1) is 18.3 Å². The molecule has 2 N–H and O–H groups in total. The van der Waals surface area contributed by atoms with Gasteiger partial charge in [-0.25, -0.2) is 0 Å². The van der Waals surface area contributed by atoms with Gasteiger partial charge in [-0.15, -0.1) is 0 Å². The third-order valence-electron chi connectivity index (χ3n) is 3.01. The lowest BCUT2D eigenvalue weighted by Crippen LogP contribution is -2.02. The van der Waals surface area contributed by atoms with E-state index < -0.39 is 0 Å². The van der Waals surface area contributed by atoms with E-state index in [2.05, 4.69) is 4.98 Å². The number of nitrogens with zero attached hydrogens (tertiary/aromatic N) is 1. The van der Waals surface area contributed by atoms with Gasteiger partial charge in [-0.2, -0.15) is 0 Å². The molecule has 0 aliphatic heterocycles. The first-order valence-electron chi connectivity index (χ1n) is 6.10. The first-order valence-corrected chi connectivity index (χ1v) is 6.10. The van der Waals surface area contributed by atoms with Crippen LogP contribution in [0.2, 0.25) is 0 Å². The zero-order chi connectivity index (χ0) is 13.1. The van der Waals surface area contributed by atoms with Crippen LogP contribution < -0.4 is 10.5 Å². The largest absolute Gasteiger partial charge is 0.488 e. The van der Waals surface area contributed by atoms with Crippen LogP contribution in [0.3, 0.4) is 0 Å². The van der Waals surface area contributed by atoms with E-state index in [0.717, 1.165) is 28.0 Å². The average molecular weight is 254 g/mol. The molecule has 0 radical (unpaired) electrons. The number of hydrogen-bond donors (Lipinski definition) is 1. The molecule has 4 nitrogen and oxygen atoms in total. The Morgan fingerprint density at radius 1 is 1.16 bits per heavy atom. The lowest BCUT2D eigenvalue weighted by molar-refractivity contribution is 0.306. The minimum atomic E-state index is 0.378. The van der Waals surface area contributed by atoms with Gasteiger partial charge >= 0.3 is 0 Å². The van der Waals surface area contributed by atoms with Crippen LogP contribution in [0.4, 0.5) is 0 Å². The van der Waals surface area contributed by atoms with Crippen molar-refractivity contribution in [3.05, 3.63) is 60.2 Å². The summed E-state index contributed by atoms with van der Waals surface area (Å²) in [4.78, 5) is 4.30. The maximum Gasteiger partial charge on any atom is 0.129 e. The number of rotatable bonds is 4. The van der Waals surface area contributed by atoms with Crippen molar-refractivity contribution in [1.82, 2.24) is 4.98 Å². The number of nitrogens with two attached hydrogens (primary N) is 1. The molecule has 96 valence electrons. The molecular weight excluding hydrogens is 240 g/mol. The van der Waals surface area contributed by atoms with Crippen molar-refractivity contribution in [1.29, 1.82) is 0 Å². The molecule has 0 saturated heterocycles. The molecule has 3 aromatic rings. The Kier molecular flexibility index (Phi) is 3.16. The predicted octanol–water partition coefficient (Wildman–Crippen LogP) is 2.87. The van der Waals surface area contributed by atoms with Gasteiger partial charge in [-0.3, -0.25) is 4.98 Å². The normalized spacial score (nSPS) is 10.8. The van der Waals surface area contributed by atoms with Crippen molar-refractivity contribution in [3.8, 4) is 5.75 Å². The molecule has 4 heteroatoms. The van der Waals surface area contributed by atoms with E-state index in [1.807, 2.05) is 36.4 Å². The van der Waals surface area contributed by atoms with Crippen molar-refractivity contribution < 1.29 is 9.15 Å². The van der Waals surface area contributed by atoms with Crippen molar-refractivity contribution in [2.75, 3.05) is 0 Å². The van der Waals surface area contributed by atoms with E-state index in [1.165, 1.54) is 0 Å². The van der Waals surface area contributed by atoms with Crippen LogP contribution >= 0.6 is 0 Å². The monoisotopic (exact) mass is 254 g/mol. The number of benzene rings is 1. The second-order valence-electron chi connectivity index (χ2n) is 4.19. The fraction of sp³-hybridized carbons (Fsp3) is 0.133. The Morgan fingerprint density at radius 2 is 2.11 bits per heavy atom. The van der Waals surface area contributed by atoms with Gasteiger partial charge in [0, 0.05) is 17.1 Å². The van der Waals surface area contributed by atoms with Crippen LogP contribution in [0, 0.1) is 0 Å². The maximum atomic E-state index is 5.85. The molecule has 0 amide bonds. The van der Waals surface area contributed by atoms with Gasteiger partial charge in [0.15, 0.2) is 0 Å². The Labute approximate surface area is 110 Å².